The van der Waals surface area contributed by atoms with Gasteiger partial charge in [-0.15, -0.1) is 0 Å². The molecule has 1 heterocycles. The second kappa shape index (κ2) is 9.88. The predicted molar refractivity (Wildman–Crippen MR) is 106 cm³/mol. The van der Waals surface area contributed by atoms with E-state index in [4.69, 9.17) is 26.4 Å². The standard InChI is InChI=1S/C18H23N3O6S/c1-4-27-18(24)21-9-7-20(8-10-21)17(28)19-14-11-12(15(22)25-2)5-6-13(14)16(23)26-3/h5-6,11H,4,7-10H2,1-3H3,(H,19,28). The van der Waals surface area contributed by atoms with Crippen LogP contribution in [0, 0.1) is 0 Å². The van der Waals surface area contributed by atoms with Crippen molar-refractivity contribution < 1.29 is 28.6 Å². The molecular weight excluding hydrogens is 386 g/mol. The van der Waals surface area contributed by atoms with Crippen molar-refractivity contribution in [2.24, 2.45) is 0 Å². The van der Waals surface area contributed by atoms with Crippen LogP contribution in [0.3, 0.4) is 0 Å². The molecule has 0 bridgehead atoms. The highest BCUT2D eigenvalue weighted by Gasteiger charge is 2.24. The lowest BCUT2D eigenvalue weighted by molar-refractivity contribution is 0.0587. The van der Waals surface area contributed by atoms with Crippen molar-refractivity contribution in [3.63, 3.8) is 0 Å². The van der Waals surface area contributed by atoms with E-state index in [-0.39, 0.29) is 17.2 Å². The van der Waals surface area contributed by atoms with Gasteiger partial charge in [0.25, 0.3) is 0 Å². The smallest absolute Gasteiger partial charge is 0.409 e. The highest BCUT2D eigenvalue weighted by molar-refractivity contribution is 7.80. The lowest BCUT2D eigenvalue weighted by Gasteiger charge is -2.35. The Labute approximate surface area is 168 Å². The summed E-state index contributed by atoms with van der Waals surface area (Å²) in [6.45, 7) is 4.03. The van der Waals surface area contributed by atoms with Gasteiger partial charge in [-0.05, 0) is 37.3 Å². The van der Waals surface area contributed by atoms with Gasteiger partial charge in [-0.3, -0.25) is 0 Å². The molecule has 0 radical (unpaired) electrons. The van der Waals surface area contributed by atoms with Crippen LogP contribution < -0.4 is 5.32 Å². The first kappa shape index (κ1) is 21.4. The fourth-order valence-electron chi connectivity index (χ4n) is 2.68. The Morgan fingerprint density at radius 1 is 1.04 bits per heavy atom. The van der Waals surface area contributed by atoms with Gasteiger partial charge in [0.1, 0.15) is 0 Å². The summed E-state index contributed by atoms with van der Waals surface area (Å²) < 4.78 is 14.5. The molecule has 0 unspecified atom stereocenters. The average molecular weight is 409 g/mol. The van der Waals surface area contributed by atoms with Gasteiger partial charge < -0.3 is 29.3 Å². The van der Waals surface area contributed by atoms with E-state index in [0.29, 0.717) is 43.6 Å². The summed E-state index contributed by atoms with van der Waals surface area (Å²) in [7, 11) is 2.55. The third-order valence-corrected chi connectivity index (χ3v) is 4.54. The van der Waals surface area contributed by atoms with Crippen molar-refractivity contribution in [1.82, 2.24) is 9.80 Å². The summed E-state index contributed by atoms with van der Waals surface area (Å²) in [5, 5.41) is 3.37. The fourth-order valence-corrected chi connectivity index (χ4v) is 2.97. The Hall–Kier alpha value is -2.88. The molecule has 1 aromatic rings. The Morgan fingerprint density at radius 2 is 1.64 bits per heavy atom. The van der Waals surface area contributed by atoms with Crippen LogP contribution in [-0.4, -0.2) is 79.9 Å². The number of anilines is 1. The van der Waals surface area contributed by atoms with E-state index in [0.717, 1.165) is 0 Å². The molecule has 10 heteroatoms. The van der Waals surface area contributed by atoms with Crippen LogP contribution in [0.2, 0.25) is 0 Å². The van der Waals surface area contributed by atoms with Crippen LogP contribution in [0.1, 0.15) is 27.6 Å². The number of nitrogens with zero attached hydrogens (tertiary/aromatic N) is 2. The minimum atomic E-state index is -0.561. The summed E-state index contributed by atoms with van der Waals surface area (Å²) in [6, 6.07) is 4.44. The van der Waals surface area contributed by atoms with Gasteiger partial charge >= 0.3 is 18.0 Å². The van der Waals surface area contributed by atoms with Crippen LogP contribution in [-0.2, 0) is 14.2 Å². The molecule has 1 aliphatic heterocycles. The molecule has 1 aromatic carbocycles. The summed E-state index contributed by atoms with van der Waals surface area (Å²) >= 11 is 5.44. The topological polar surface area (TPSA) is 97.4 Å². The van der Waals surface area contributed by atoms with Gasteiger partial charge in [-0.25, -0.2) is 14.4 Å². The number of nitrogens with one attached hydrogen (secondary N) is 1. The van der Waals surface area contributed by atoms with Gasteiger partial charge in [0.05, 0.1) is 37.6 Å². The number of thiocarbonyl (C=S) groups is 1. The quantitative estimate of drug-likeness (QED) is 0.453. The second-order valence-corrected chi connectivity index (χ2v) is 6.23. The van der Waals surface area contributed by atoms with E-state index < -0.39 is 11.9 Å². The number of ether oxygens (including phenoxy) is 3. The van der Waals surface area contributed by atoms with Crippen LogP contribution in [0.4, 0.5) is 10.5 Å². The number of piperazine rings is 1. The zero-order chi connectivity index (χ0) is 20.7. The van der Waals surface area contributed by atoms with Crippen LogP contribution >= 0.6 is 12.2 Å². The van der Waals surface area contributed by atoms with Crippen molar-refractivity contribution in [1.29, 1.82) is 0 Å². The molecule has 0 atom stereocenters. The Kier molecular flexibility index (Phi) is 7.56. The normalized spacial score (nSPS) is 13.5. The molecule has 28 heavy (non-hydrogen) atoms. The van der Waals surface area contributed by atoms with Crippen molar-refractivity contribution in [3.8, 4) is 0 Å². The number of hydrogen-bond donors (Lipinski definition) is 1. The van der Waals surface area contributed by atoms with Crippen molar-refractivity contribution >= 4 is 41.0 Å². The van der Waals surface area contributed by atoms with E-state index in [1.807, 2.05) is 4.90 Å². The number of carbonyl (C=O) groups is 3. The number of hydrogen-bond acceptors (Lipinski definition) is 7. The molecule has 2 rings (SSSR count). The van der Waals surface area contributed by atoms with Crippen LogP contribution in [0.15, 0.2) is 18.2 Å². The largest absolute Gasteiger partial charge is 0.465 e. The molecule has 0 aromatic heterocycles. The number of methoxy groups -OCH3 is 2. The first-order chi connectivity index (χ1) is 13.4. The molecule has 0 saturated carbocycles. The third-order valence-electron chi connectivity index (χ3n) is 4.18. The summed E-state index contributed by atoms with van der Waals surface area (Å²) in [6.07, 6.45) is -0.347. The number of rotatable bonds is 4. The van der Waals surface area contributed by atoms with Gasteiger partial charge in [0, 0.05) is 26.2 Å². The minimum absolute atomic E-state index is 0.239. The summed E-state index contributed by atoms with van der Waals surface area (Å²) in [5.41, 5.74) is 0.850. The second-order valence-electron chi connectivity index (χ2n) is 5.85. The minimum Gasteiger partial charge on any atom is -0.465 e. The molecule has 1 amide bonds. The lowest BCUT2D eigenvalue weighted by Crippen LogP contribution is -2.51. The number of esters is 2. The number of benzene rings is 1. The van der Waals surface area contributed by atoms with E-state index in [9.17, 15) is 14.4 Å². The maximum Gasteiger partial charge on any atom is 0.409 e. The number of carbonyl (C=O) groups excluding carboxylic acids is 3. The maximum atomic E-state index is 12.0. The van der Waals surface area contributed by atoms with E-state index in [1.165, 1.54) is 32.4 Å². The molecule has 9 nitrogen and oxygen atoms in total. The highest BCUT2D eigenvalue weighted by Crippen LogP contribution is 2.21. The van der Waals surface area contributed by atoms with Gasteiger partial charge in [-0.2, -0.15) is 0 Å². The molecule has 0 aliphatic carbocycles. The lowest BCUT2D eigenvalue weighted by atomic mass is 10.1. The van der Waals surface area contributed by atoms with Gasteiger partial charge in [0.2, 0.25) is 0 Å². The predicted octanol–water partition coefficient (Wildman–Crippen LogP) is 1.73. The highest BCUT2D eigenvalue weighted by atomic mass is 32.1. The van der Waals surface area contributed by atoms with Gasteiger partial charge in [-0.1, -0.05) is 0 Å². The third kappa shape index (κ3) is 5.10. The SMILES string of the molecule is CCOC(=O)N1CCN(C(=S)Nc2cc(C(=O)OC)ccc2C(=O)OC)CC1. The van der Waals surface area contributed by atoms with Gasteiger partial charge in [0.15, 0.2) is 5.11 Å². The average Bonchev–Trinajstić information content (AvgIpc) is 2.72. The maximum absolute atomic E-state index is 12.0. The van der Waals surface area contributed by atoms with Crippen molar-refractivity contribution in [2.45, 2.75) is 6.92 Å². The Morgan fingerprint density at radius 3 is 2.21 bits per heavy atom. The number of amides is 1. The van der Waals surface area contributed by atoms with E-state index in [1.54, 1.807) is 11.8 Å². The summed E-state index contributed by atoms with van der Waals surface area (Å²) in [4.78, 5) is 39.1. The van der Waals surface area contributed by atoms with E-state index >= 15 is 0 Å². The van der Waals surface area contributed by atoms with Crippen LogP contribution in [0.25, 0.3) is 0 Å². The Balaban J connectivity index is 2.11. The van der Waals surface area contributed by atoms with Crippen LogP contribution in [0.5, 0.6) is 0 Å². The molecule has 1 aliphatic rings. The molecule has 1 N–H and O–H groups in total. The zero-order valence-corrected chi connectivity index (χ0v) is 16.8. The van der Waals surface area contributed by atoms with Crippen molar-refractivity contribution in [3.05, 3.63) is 29.3 Å². The molecule has 1 fully saturated rings. The van der Waals surface area contributed by atoms with Crippen molar-refractivity contribution in [2.75, 3.05) is 52.3 Å². The zero-order valence-electron chi connectivity index (χ0n) is 16.0. The monoisotopic (exact) mass is 409 g/mol. The fraction of sp³-hybridized carbons (Fsp3) is 0.444. The summed E-state index contributed by atoms with van der Waals surface area (Å²) in [5.74, 6) is -1.10. The Bertz CT molecular complexity index is 762. The van der Waals surface area contributed by atoms with E-state index in [2.05, 4.69) is 5.32 Å². The molecular formula is C18H23N3O6S. The first-order valence-corrected chi connectivity index (χ1v) is 9.10. The molecule has 152 valence electrons. The first-order valence-electron chi connectivity index (χ1n) is 8.69. The molecule has 0 spiro atoms. The molecule has 1 saturated heterocycles.